The van der Waals surface area contributed by atoms with E-state index in [-0.39, 0.29) is 0 Å². The molecule has 2 heteroatoms. The minimum atomic E-state index is -0.747. The maximum atomic E-state index is 13.3. The Morgan fingerprint density at radius 1 is 0.840 bits per heavy atom. The highest BCUT2D eigenvalue weighted by molar-refractivity contribution is 5.17. The molecule has 0 heterocycles. The fraction of sp³-hybridized carbons (Fsp3) is 0.652. The van der Waals surface area contributed by atoms with E-state index in [0.29, 0.717) is 0 Å². The molecule has 0 unspecified atom stereocenters. The topological polar surface area (TPSA) is 0 Å². The first-order chi connectivity index (χ1) is 12.1. The molecule has 2 aliphatic rings. The Morgan fingerprint density at radius 2 is 1.44 bits per heavy atom. The van der Waals surface area contributed by atoms with E-state index < -0.39 is 11.6 Å². The highest BCUT2D eigenvalue weighted by Gasteiger charge is 2.21. The minimum Gasteiger partial charge on any atom is -0.204 e. The Labute approximate surface area is 151 Å². The van der Waals surface area contributed by atoms with Gasteiger partial charge in [0.05, 0.1) is 0 Å². The number of benzene rings is 1. The first kappa shape index (κ1) is 18.6. The van der Waals surface area contributed by atoms with Crippen molar-refractivity contribution in [3.05, 3.63) is 47.5 Å². The lowest BCUT2D eigenvalue weighted by atomic mass is 9.78. The summed E-state index contributed by atoms with van der Waals surface area (Å²) in [6.45, 7) is 2.38. The smallest absolute Gasteiger partial charge is 0.159 e. The third-order valence-electron chi connectivity index (χ3n) is 6.43. The van der Waals surface area contributed by atoms with Crippen molar-refractivity contribution >= 4 is 0 Å². The van der Waals surface area contributed by atoms with Gasteiger partial charge in [0.25, 0.3) is 0 Å². The molecule has 0 spiro atoms. The lowest BCUT2D eigenvalue weighted by molar-refractivity contribution is 0.293. The van der Waals surface area contributed by atoms with Crippen molar-refractivity contribution < 1.29 is 8.78 Å². The van der Waals surface area contributed by atoms with Gasteiger partial charge in [-0.15, -0.1) is 0 Å². The quantitative estimate of drug-likeness (QED) is 0.499. The number of hydrogen-bond acceptors (Lipinski definition) is 0. The highest BCUT2D eigenvalue weighted by Crippen LogP contribution is 2.34. The first-order valence-corrected chi connectivity index (χ1v) is 10.2. The van der Waals surface area contributed by atoms with Crippen molar-refractivity contribution in [2.24, 2.45) is 23.7 Å². The molecule has 1 aromatic rings. The third-order valence-corrected chi connectivity index (χ3v) is 6.43. The van der Waals surface area contributed by atoms with Crippen molar-refractivity contribution in [1.29, 1.82) is 0 Å². The van der Waals surface area contributed by atoms with Crippen molar-refractivity contribution in [2.45, 2.75) is 71.1 Å². The molecule has 0 aromatic heterocycles. The second kappa shape index (κ2) is 8.96. The molecule has 2 aliphatic carbocycles. The van der Waals surface area contributed by atoms with Crippen LogP contribution in [0.1, 0.15) is 70.3 Å². The van der Waals surface area contributed by atoms with Gasteiger partial charge in [0.2, 0.25) is 0 Å². The summed E-state index contributed by atoms with van der Waals surface area (Å²) in [6.07, 6.45) is 17.7. The van der Waals surface area contributed by atoms with Crippen LogP contribution in [0.5, 0.6) is 0 Å². The third kappa shape index (κ3) is 5.66. The van der Waals surface area contributed by atoms with E-state index in [0.717, 1.165) is 42.1 Å². The van der Waals surface area contributed by atoms with Gasteiger partial charge in [-0.3, -0.25) is 0 Å². The molecule has 0 saturated heterocycles. The van der Waals surface area contributed by atoms with Gasteiger partial charge < -0.3 is 0 Å². The molecule has 2 saturated carbocycles. The molecule has 138 valence electrons. The van der Waals surface area contributed by atoms with Crippen LogP contribution in [-0.4, -0.2) is 0 Å². The summed E-state index contributed by atoms with van der Waals surface area (Å²) in [6, 6.07) is 4.32. The van der Waals surface area contributed by atoms with Gasteiger partial charge in [-0.2, -0.15) is 0 Å². The van der Waals surface area contributed by atoms with Crippen LogP contribution < -0.4 is 0 Å². The maximum absolute atomic E-state index is 13.3. The van der Waals surface area contributed by atoms with Gasteiger partial charge in [0.1, 0.15) is 0 Å². The number of hydrogen-bond donors (Lipinski definition) is 0. The Hall–Kier alpha value is -1.18. The van der Waals surface area contributed by atoms with Crippen LogP contribution in [-0.2, 0) is 6.42 Å². The molecule has 25 heavy (non-hydrogen) atoms. The van der Waals surface area contributed by atoms with Crippen LogP contribution in [0.25, 0.3) is 0 Å². The highest BCUT2D eigenvalue weighted by atomic mass is 19.2. The van der Waals surface area contributed by atoms with Crippen LogP contribution >= 0.6 is 0 Å². The van der Waals surface area contributed by atoms with Gasteiger partial charge in [-0.05, 0) is 92.7 Å². The van der Waals surface area contributed by atoms with E-state index in [1.807, 2.05) is 0 Å². The number of allylic oxidation sites excluding steroid dienone is 2. The van der Waals surface area contributed by atoms with Crippen molar-refractivity contribution in [3.8, 4) is 0 Å². The number of aryl methyl sites for hydroxylation is 1. The van der Waals surface area contributed by atoms with Crippen molar-refractivity contribution in [1.82, 2.24) is 0 Å². The minimum absolute atomic E-state index is 0.719. The molecule has 0 amide bonds. The number of halogens is 2. The van der Waals surface area contributed by atoms with Crippen LogP contribution in [0.15, 0.2) is 30.4 Å². The Balaban J connectivity index is 1.37. The van der Waals surface area contributed by atoms with Crippen LogP contribution in [0, 0.1) is 35.3 Å². The molecular formula is C23H32F2. The second-order valence-corrected chi connectivity index (χ2v) is 8.47. The summed E-state index contributed by atoms with van der Waals surface area (Å²) in [5, 5.41) is 0. The van der Waals surface area contributed by atoms with Gasteiger partial charge in [0, 0.05) is 0 Å². The van der Waals surface area contributed by atoms with Crippen LogP contribution in [0.4, 0.5) is 8.78 Å². The summed E-state index contributed by atoms with van der Waals surface area (Å²) in [5.74, 6) is 1.79. The zero-order valence-electron chi connectivity index (χ0n) is 15.5. The second-order valence-electron chi connectivity index (χ2n) is 8.47. The molecule has 2 fully saturated rings. The van der Waals surface area contributed by atoms with Crippen molar-refractivity contribution in [2.75, 3.05) is 0 Å². The Morgan fingerprint density at radius 3 is 2.04 bits per heavy atom. The fourth-order valence-corrected chi connectivity index (χ4v) is 4.53. The Kier molecular flexibility index (Phi) is 6.67. The van der Waals surface area contributed by atoms with E-state index in [9.17, 15) is 8.78 Å². The molecule has 0 N–H and O–H groups in total. The molecule has 0 nitrogen and oxygen atoms in total. The predicted molar refractivity (Wildman–Crippen MR) is 100 cm³/mol. The summed E-state index contributed by atoms with van der Waals surface area (Å²) in [4.78, 5) is 0. The Bertz CT molecular complexity index is 561. The monoisotopic (exact) mass is 346 g/mol. The molecule has 0 bridgehead atoms. The number of rotatable bonds is 5. The molecule has 0 atom stereocenters. The lowest BCUT2D eigenvalue weighted by Crippen LogP contribution is -2.15. The van der Waals surface area contributed by atoms with Gasteiger partial charge in [-0.1, -0.05) is 38.0 Å². The standard InChI is InChI=1S/C23H32F2/c1-17-2-4-18(5-3-17)6-7-19-8-10-20(11-9-19)12-13-21-14-15-22(24)23(25)16-21/h6-7,14-20H,2-5,8-13H2,1H3. The summed E-state index contributed by atoms with van der Waals surface area (Å²) < 4.78 is 26.3. The fourth-order valence-electron chi connectivity index (χ4n) is 4.53. The zero-order valence-corrected chi connectivity index (χ0v) is 15.5. The first-order valence-electron chi connectivity index (χ1n) is 10.2. The van der Waals surface area contributed by atoms with Crippen LogP contribution in [0.2, 0.25) is 0 Å². The van der Waals surface area contributed by atoms with E-state index in [4.69, 9.17) is 0 Å². The molecule has 3 rings (SSSR count). The summed E-state index contributed by atoms with van der Waals surface area (Å²) >= 11 is 0. The van der Waals surface area contributed by atoms with Crippen LogP contribution in [0.3, 0.4) is 0 Å². The van der Waals surface area contributed by atoms with Crippen molar-refractivity contribution in [3.63, 3.8) is 0 Å². The lowest BCUT2D eigenvalue weighted by Gasteiger charge is -2.28. The van der Waals surface area contributed by atoms with E-state index in [1.54, 1.807) is 6.07 Å². The largest absolute Gasteiger partial charge is 0.204 e. The zero-order chi connectivity index (χ0) is 17.6. The SMILES string of the molecule is CC1CCC(C=CC2CCC(CCc3ccc(F)c(F)c3)CC2)CC1. The predicted octanol–water partition coefficient (Wildman–Crippen LogP) is 7.09. The summed E-state index contributed by atoms with van der Waals surface area (Å²) in [5.41, 5.74) is 0.924. The van der Waals surface area contributed by atoms with Gasteiger partial charge in [-0.25, -0.2) is 8.78 Å². The normalized spacial score (nSPS) is 30.7. The summed E-state index contributed by atoms with van der Waals surface area (Å²) in [7, 11) is 0. The molecule has 0 radical (unpaired) electrons. The van der Waals surface area contributed by atoms with Gasteiger partial charge >= 0.3 is 0 Å². The van der Waals surface area contributed by atoms with E-state index in [1.165, 1.54) is 63.5 Å². The average Bonchev–Trinajstić information content (AvgIpc) is 2.63. The van der Waals surface area contributed by atoms with Gasteiger partial charge in [0.15, 0.2) is 11.6 Å². The van der Waals surface area contributed by atoms with E-state index >= 15 is 0 Å². The average molecular weight is 347 g/mol. The molecule has 1 aromatic carbocycles. The maximum Gasteiger partial charge on any atom is 0.159 e. The molecular weight excluding hydrogens is 314 g/mol. The molecule has 0 aliphatic heterocycles. The van der Waals surface area contributed by atoms with E-state index in [2.05, 4.69) is 19.1 Å².